The van der Waals surface area contributed by atoms with Gasteiger partial charge in [-0.05, 0) is 67.6 Å². The maximum absolute atomic E-state index is 12.3. The van der Waals surface area contributed by atoms with E-state index in [-0.39, 0.29) is 6.03 Å². The van der Waals surface area contributed by atoms with Crippen molar-refractivity contribution in [2.24, 2.45) is 0 Å². The summed E-state index contributed by atoms with van der Waals surface area (Å²) in [6.45, 7) is 0.527. The third-order valence-corrected chi connectivity index (χ3v) is 6.23. The largest absolute Gasteiger partial charge is 0.334 e. The molecule has 6 heteroatoms. The number of hydrogen-bond donors (Lipinski definition) is 2. The zero-order chi connectivity index (χ0) is 17.9. The van der Waals surface area contributed by atoms with Gasteiger partial charge in [0.2, 0.25) is 0 Å². The van der Waals surface area contributed by atoms with Crippen molar-refractivity contribution >= 4 is 34.7 Å². The van der Waals surface area contributed by atoms with E-state index in [0.717, 1.165) is 18.5 Å². The van der Waals surface area contributed by atoms with Crippen LogP contribution in [0.2, 0.25) is 5.02 Å². The quantitative estimate of drug-likeness (QED) is 0.621. The highest BCUT2D eigenvalue weighted by molar-refractivity contribution is 7.14. The topological polar surface area (TPSA) is 46.1 Å². The molecule has 0 bridgehead atoms. The van der Waals surface area contributed by atoms with E-state index in [9.17, 15) is 4.79 Å². The molecule has 2 N–H and O–H groups in total. The van der Waals surface area contributed by atoms with Gasteiger partial charge >= 0.3 is 6.03 Å². The monoisotopic (exact) mass is 385 g/mol. The summed E-state index contributed by atoms with van der Waals surface area (Å²) in [6.07, 6.45) is 8.85. The van der Waals surface area contributed by atoms with Crippen LogP contribution in [-0.4, -0.2) is 10.6 Å². The van der Waals surface area contributed by atoms with E-state index >= 15 is 0 Å². The summed E-state index contributed by atoms with van der Waals surface area (Å²) in [5.74, 6) is 0. The summed E-state index contributed by atoms with van der Waals surface area (Å²) >= 11 is 7.73. The smallest absolute Gasteiger partial charge is 0.319 e. The highest BCUT2D eigenvalue weighted by Crippen LogP contribution is 2.36. The molecule has 0 saturated heterocycles. The molecule has 0 aliphatic heterocycles. The van der Waals surface area contributed by atoms with Gasteiger partial charge in [0.05, 0.1) is 0 Å². The van der Waals surface area contributed by atoms with Gasteiger partial charge in [-0.3, -0.25) is 0 Å². The molecule has 1 aromatic carbocycles. The number of aromatic nitrogens is 1. The van der Waals surface area contributed by atoms with E-state index < -0.39 is 0 Å². The molecule has 2 amide bonds. The van der Waals surface area contributed by atoms with Gasteiger partial charge in [0.1, 0.15) is 5.00 Å². The van der Waals surface area contributed by atoms with Crippen molar-refractivity contribution in [3.63, 3.8) is 0 Å². The van der Waals surface area contributed by atoms with Gasteiger partial charge in [-0.1, -0.05) is 11.6 Å². The third-order valence-electron chi connectivity index (χ3n) is 4.63. The fourth-order valence-electron chi connectivity index (χ4n) is 3.35. The van der Waals surface area contributed by atoms with Crippen molar-refractivity contribution < 1.29 is 4.79 Å². The summed E-state index contributed by atoms with van der Waals surface area (Å²) in [5, 5.41) is 7.73. The number of carbonyl (C=O) groups excluding carboxylic acids is 1. The molecule has 0 radical (unpaired) electrons. The lowest BCUT2D eigenvalue weighted by Gasteiger charge is -2.14. The Kier molecular flexibility index (Phi) is 5.00. The number of nitrogens with one attached hydrogen (secondary N) is 2. The molecular weight excluding hydrogens is 366 g/mol. The van der Waals surface area contributed by atoms with Gasteiger partial charge in [-0.25, -0.2) is 4.79 Å². The normalized spacial score (nSPS) is 13.3. The van der Waals surface area contributed by atoms with Crippen LogP contribution in [0.3, 0.4) is 0 Å². The number of thiophene rings is 1. The number of benzene rings is 1. The van der Waals surface area contributed by atoms with Crippen molar-refractivity contribution in [1.29, 1.82) is 0 Å². The molecule has 1 aliphatic rings. The Hall–Kier alpha value is -2.24. The SMILES string of the molecule is O=C(NCc1c(-n2cccc2)sc2c1CCCC2)Nc1ccc(Cl)cc1. The molecule has 26 heavy (non-hydrogen) atoms. The molecule has 0 spiro atoms. The Morgan fingerprint density at radius 2 is 1.85 bits per heavy atom. The number of anilines is 1. The van der Waals surface area contributed by atoms with E-state index in [1.54, 1.807) is 24.3 Å². The molecule has 4 nitrogen and oxygen atoms in total. The average molecular weight is 386 g/mol. The second kappa shape index (κ2) is 7.56. The second-order valence-electron chi connectivity index (χ2n) is 6.40. The van der Waals surface area contributed by atoms with Crippen molar-refractivity contribution in [2.75, 3.05) is 5.32 Å². The molecule has 0 saturated carbocycles. The number of amides is 2. The van der Waals surface area contributed by atoms with E-state index in [1.165, 1.54) is 33.8 Å². The van der Waals surface area contributed by atoms with Gasteiger partial charge in [0, 0.05) is 40.1 Å². The summed E-state index contributed by atoms with van der Waals surface area (Å²) in [5.41, 5.74) is 3.40. The van der Waals surface area contributed by atoms with Crippen molar-refractivity contribution in [1.82, 2.24) is 9.88 Å². The molecular formula is C20H20ClN3OS. The average Bonchev–Trinajstić information content (AvgIpc) is 3.29. The first-order valence-corrected chi connectivity index (χ1v) is 9.97. The fraction of sp³-hybridized carbons (Fsp3) is 0.250. The molecule has 3 aromatic rings. The Morgan fingerprint density at radius 1 is 1.12 bits per heavy atom. The predicted octanol–water partition coefficient (Wildman–Crippen LogP) is 5.39. The van der Waals surface area contributed by atoms with Crippen molar-refractivity contribution in [3.8, 4) is 5.00 Å². The van der Waals surface area contributed by atoms with Crippen molar-refractivity contribution in [2.45, 2.75) is 32.2 Å². The minimum atomic E-state index is -0.207. The number of aryl methyl sites for hydroxylation is 1. The molecule has 1 aliphatic carbocycles. The number of nitrogens with zero attached hydrogens (tertiary/aromatic N) is 1. The summed E-state index contributed by atoms with van der Waals surface area (Å²) < 4.78 is 2.15. The Bertz CT molecular complexity index is 900. The van der Waals surface area contributed by atoms with Gasteiger partial charge in [-0.15, -0.1) is 11.3 Å². The predicted molar refractivity (Wildman–Crippen MR) is 108 cm³/mol. The van der Waals surface area contributed by atoms with Gasteiger partial charge in [0.25, 0.3) is 0 Å². The number of halogens is 1. The van der Waals surface area contributed by atoms with Crippen LogP contribution < -0.4 is 10.6 Å². The Labute approximate surface area is 161 Å². The maximum Gasteiger partial charge on any atom is 0.319 e. The zero-order valence-corrected chi connectivity index (χ0v) is 15.9. The van der Waals surface area contributed by atoms with Gasteiger partial charge < -0.3 is 15.2 Å². The fourth-order valence-corrected chi connectivity index (χ4v) is 4.85. The maximum atomic E-state index is 12.3. The van der Waals surface area contributed by atoms with E-state index in [4.69, 9.17) is 11.6 Å². The highest BCUT2D eigenvalue weighted by Gasteiger charge is 2.21. The number of carbonyl (C=O) groups is 1. The number of urea groups is 1. The first-order chi connectivity index (χ1) is 12.7. The molecule has 0 unspecified atom stereocenters. The lowest BCUT2D eigenvalue weighted by atomic mass is 9.95. The van der Waals surface area contributed by atoms with E-state index in [1.807, 2.05) is 23.5 Å². The van der Waals surface area contributed by atoms with E-state index in [0.29, 0.717) is 11.6 Å². The van der Waals surface area contributed by atoms with Crippen LogP contribution in [0.15, 0.2) is 48.8 Å². The van der Waals surface area contributed by atoms with Crippen LogP contribution in [0.1, 0.15) is 28.8 Å². The van der Waals surface area contributed by atoms with Gasteiger partial charge in [0.15, 0.2) is 0 Å². The van der Waals surface area contributed by atoms with Crippen LogP contribution in [0.5, 0.6) is 0 Å². The summed E-state index contributed by atoms with van der Waals surface area (Å²) in [7, 11) is 0. The minimum Gasteiger partial charge on any atom is -0.334 e. The number of hydrogen-bond acceptors (Lipinski definition) is 2. The lowest BCUT2D eigenvalue weighted by molar-refractivity contribution is 0.251. The van der Waals surface area contributed by atoms with Crippen LogP contribution in [-0.2, 0) is 19.4 Å². The third kappa shape index (κ3) is 3.64. The van der Waals surface area contributed by atoms with Crippen LogP contribution in [0.4, 0.5) is 10.5 Å². The molecule has 134 valence electrons. The zero-order valence-electron chi connectivity index (χ0n) is 14.3. The molecule has 4 rings (SSSR count). The first kappa shape index (κ1) is 17.2. The van der Waals surface area contributed by atoms with Gasteiger partial charge in [-0.2, -0.15) is 0 Å². The summed E-state index contributed by atoms with van der Waals surface area (Å²) in [4.78, 5) is 13.8. The summed E-state index contributed by atoms with van der Waals surface area (Å²) in [6, 6.07) is 11.0. The second-order valence-corrected chi connectivity index (χ2v) is 7.92. The van der Waals surface area contributed by atoms with Crippen LogP contribution in [0.25, 0.3) is 5.00 Å². The first-order valence-electron chi connectivity index (χ1n) is 8.78. The standard InChI is InChI=1S/C20H20ClN3OS/c21-14-7-9-15(10-8-14)23-20(25)22-13-17-16-5-1-2-6-18(16)26-19(17)24-11-3-4-12-24/h3-4,7-12H,1-2,5-6,13H2,(H2,22,23,25). The molecule has 2 aromatic heterocycles. The molecule has 0 fully saturated rings. The number of rotatable bonds is 4. The molecule has 0 atom stereocenters. The Morgan fingerprint density at radius 3 is 2.62 bits per heavy atom. The highest BCUT2D eigenvalue weighted by atomic mass is 35.5. The lowest BCUT2D eigenvalue weighted by Crippen LogP contribution is -2.28. The molecule has 2 heterocycles. The minimum absolute atomic E-state index is 0.207. The Balaban J connectivity index is 1.51. The van der Waals surface area contributed by atoms with E-state index in [2.05, 4.69) is 27.6 Å². The van der Waals surface area contributed by atoms with Crippen molar-refractivity contribution in [3.05, 3.63) is 69.8 Å². The van der Waals surface area contributed by atoms with Crippen LogP contribution in [0, 0.1) is 0 Å². The number of fused-ring (bicyclic) bond motifs is 1. The van der Waals surface area contributed by atoms with Crippen LogP contribution >= 0.6 is 22.9 Å².